The normalized spacial score (nSPS) is 17.0. The average molecular weight is 416 g/mol. The number of piperidine rings is 1. The summed E-state index contributed by atoms with van der Waals surface area (Å²) in [5, 5.41) is 0. The molecule has 0 amide bonds. The van der Waals surface area contributed by atoms with E-state index in [1.54, 1.807) is 0 Å². The molecule has 1 fully saturated rings. The number of sulfonamides is 1. The first-order valence-corrected chi connectivity index (χ1v) is 11.8. The van der Waals surface area contributed by atoms with Crippen LogP contribution in [0, 0.1) is 11.8 Å². The summed E-state index contributed by atoms with van der Waals surface area (Å²) in [5.74, 6) is -0.876. The maximum atomic E-state index is 13.0. The summed E-state index contributed by atoms with van der Waals surface area (Å²) in [6.07, 6.45) is 2.07. The van der Waals surface area contributed by atoms with Gasteiger partial charge in [0, 0.05) is 13.1 Å². The number of hydrogen-bond donors (Lipinski definition) is 0. The highest BCUT2D eigenvalue weighted by atomic mass is 32.2. The van der Waals surface area contributed by atoms with E-state index in [1.807, 2.05) is 60.7 Å². The molecule has 0 aromatic heterocycles. The third-order valence-electron chi connectivity index (χ3n) is 5.43. The molecule has 5 nitrogen and oxygen atoms in total. The van der Waals surface area contributed by atoms with Gasteiger partial charge in [0.2, 0.25) is 10.0 Å². The van der Waals surface area contributed by atoms with E-state index in [9.17, 15) is 13.2 Å². The van der Waals surface area contributed by atoms with E-state index in [0.717, 1.165) is 24.0 Å². The van der Waals surface area contributed by atoms with Gasteiger partial charge in [0.05, 0.1) is 11.7 Å². The van der Waals surface area contributed by atoms with Gasteiger partial charge in [-0.3, -0.25) is 4.79 Å². The van der Waals surface area contributed by atoms with Crippen LogP contribution in [0.25, 0.3) is 0 Å². The summed E-state index contributed by atoms with van der Waals surface area (Å²) in [4.78, 5) is 12.8. The molecule has 0 bridgehead atoms. The Morgan fingerprint density at radius 1 is 1.00 bits per heavy atom. The first kappa shape index (κ1) is 21.5. The summed E-state index contributed by atoms with van der Waals surface area (Å²) in [7, 11) is -3.52. The predicted octanol–water partition coefficient (Wildman–Crippen LogP) is 3.65. The lowest BCUT2D eigenvalue weighted by atomic mass is 10.0. The second-order valence-electron chi connectivity index (χ2n) is 7.84. The van der Waals surface area contributed by atoms with E-state index in [0.29, 0.717) is 25.4 Å². The number of carbonyl (C=O) groups is 1. The zero-order valence-electron chi connectivity index (χ0n) is 16.9. The van der Waals surface area contributed by atoms with Crippen LogP contribution in [0.1, 0.15) is 30.9 Å². The van der Waals surface area contributed by atoms with Crippen molar-refractivity contribution in [1.29, 1.82) is 0 Å². The summed E-state index contributed by atoms with van der Waals surface area (Å²) in [5.41, 5.74) is 1.81. The van der Waals surface area contributed by atoms with Crippen molar-refractivity contribution < 1.29 is 17.9 Å². The van der Waals surface area contributed by atoms with Crippen molar-refractivity contribution in [3.8, 4) is 0 Å². The molecule has 0 radical (unpaired) electrons. The summed E-state index contributed by atoms with van der Waals surface area (Å²) in [6, 6.07) is 18.9. The molecule has 29 heavy (non-hydrogen) atoms. The molecule has 0 N–H and O–H groups in total. The quantitative estimate of drug-likeness (QED) is 0.618. The molecular weight excluding hydrogens is 386 g/mol. The topological polar surface area (TPSA) is 63.7 Å². The number of nitrogens with zero attached hydrogens (tertiary/aromatic N) is 1. The van der Waals surface area contributed by atoms with Crippen molar-refractivity contribution in [3.05, 3.63) is 71.8 Å². The van der Waals surface area contributed by atoms with Crippen molar-refractivity contribution in [2.45, 2.75) is 32.8 Å². The molecule has 1 saturated heterocycles. The van der Waals surface area contributed by atoms with E-state index in [2.05, 4.69) is 6.92 Å². The smallest absolute Gasteiger partial charge is 0.310 e. The zero-order chi connectivity index (χ0) is 20.7. The van der Waals surface area contributed by atoms with E-state index in [-0.39, 0.29) is 12.4 Å². The molecule has 6 heteroatoms. The average Bonchev–Trinajstić information content (AvgIpc) is 2.73. The van der Waals surface area contributed by atoms with Gasteiger partial charge in [-0.05, 0) is 36.3 Å². The molecule has 2 aromatic carbocycles. The number of hydrogen-bond acceptors (Lipinski definition) is 4. The Kier molecular flexibility index (Phi) is 7.45. The van der Waals surface area contributed by atoms with Crippen LogP contribution < -0.4 is 0 Å². The van der Waals surface area contributed by atoms with Crippen LogP contribution in [0.5, 0.6) is 0 Å². The lowest BCUT2D eigenvalue weighted by molar-refractivity contribution is -0.149. The molecule has 1 unspecified atom stereocenters. The SMILES string of the molecule is CC1CCN(S(=O)(=O)CC(Cc2ccccc2)C(=O)OCc2ccccc2)CC1. The van der Waals surface area contributed by atoms with Crippen molar-refractivity contribution in [3.63, 3.8) is 0 Å². The van der Waals surface area contributed by atoms with E-state index < -0.39 is 21.9 Å². The fraction of sp³-hybridized carbons (Fsp3) is 0.435. The minimum Gasteiger partial charge on any atom is -0.461 e. The largest absolute Gasteiger partial charge is 0.461 e. The predicted molar refractivity (Wildman–Crippen MR) is 114 cm³/mol. The van der Waals surface area contributed by atoms with E-state index in [4.69, 9.17) is 4.74 Å². The highest BCUT2D eigenvalue weighted by molar-refractivity contribution is 7.89. The Balaban J connectivity index is 1.70. The number of carbonyl (C=O) groups excluding carboxylic acids is 1. The number of rotatable bonds is 8. The molecule has 0 saturated carbocycles. The van der Waals surface area contributed by atoms with Gasteiger partial charge in [-0.25, -0.2) is 12.7 Å². The van der Waals surface area contributed by atoms with Crippen LogP contribution in [0.2, 0.25) is 0 Å². The molecule has 3 rings (SSSR count). The molecular formula is C23H29NO4S. The van der Waals surface area contributed by atoms with Crippen molar-refractivity contribution in [1.82, 2.24) is 4.31 Å². The second-order valence-corrected chi connectivity index (χ2v) is 9.85. The lowest BCUT2D eigenvalue weighted by Gasteiger charge is -2.30. The van der Waals surface area contributed by atoms with E-state index in [1.165, 1.54) is 4.31 Å². The van der Waals surface area contributed by atoms with Crippen LogP contribution >= 0.6 is 0 Å². The Morgan fingerprint density at radius 2 is 1.55 bits per heavy atom. The molecule has 0 aliphatic carbocycles. The van der Waals surface area contributed by atoms with Crippen molar-refractivity contribution in [2.75, 3.05) is 18.8 Å². The molecule has 1 heterocycles. The van der Waals surface area contributed by atoms with E-state index >= 15 is 0 Å². The Morgan fingerprint density at radius 3 is 2.14 bits per heavy atom. The monoisotopic (exact) mass is 415 g/mol. The van der Waals surface area contributed by atoms with Crippen LogP contribution in [0.4, 0.5) is 0 Å². The number of ether oxygens (including phenoxy) is 1. The van der Waals surface area contributed by atoms with Gasteiger partial charge in [0.25, 0.3) is 0 Å². The first-order valence-electron chi connectivity index (χ1n) is 10.2. The third kappa shape index (κ3) is 6.41. The molecule has 0 spiro atoms. The first-order chi connectivity index (χ1) is 13.9. The van der Waals surface area contributed by atoms with Gasteiger partial charge in [-0.1, -0.05) is 67.6 Å². The van der Waals surface area contributed by atoms with Crippen LogP contribution in [0.3, 0.4) is 0 Å². The maximum Gasteiger partial charge on any atom is 0.310 e. The van der Waals surface area contributed by atoms with Crippen molar-refractivity contribution in [2.24, 2.45) is 11.8 Å². The summed E-state index contributed by atoms with van der Waals surface area (Å²) in [6.45, 7) is 3.34. The number of esters is 1. The molecule has 1 aliphatic heterocycles. The molecule has 1 aliphatic rings. The second kappa shape index (κ2) is 10.0. The molecule has 156 valence electrons. The maximum absolute atomic E-state index is 13.0. The Labute approximate surface area is 173 Å². The van der Waals surface area contributed by atoms with Crippen LogP contribution in [0.15, 0.2) is 60.7 Å². The third-order valence-corrected chi connectivity index (χ3v) is 7.41. The fourth-order valence-corrected chi connectivity index (χ4v) is 5.32. The van der Waals surface area contributed by atoms with Gasteiger partial charge in [0.1, 0.15) is 6.61 Å². The Hall–Kier alpha value is -2.18. The molecule has 2 aromatic rings. The summed E-state index contributed by atoms with van der Waals surface area (Å²) >= 11 is 0. The van der Waals surface area contributed by atoms with Crippen LogP contribution in [-0.4, -0.2) is 37.5 Å². The van der Waals surface area contributed by atoms with Gasteiger partial charge in [0.15, 0.2) is 0 Å². The van der Waals surface area contributed by atoms with Gasteiger partial charge in [-0.15, -0.1) is 0 Å². The fourth-order valence-electron chi connectivity index (χ4n) is 3.58. The highest BCUT2D eigenvalue weighted by Crippen LogP contribution is 2.22. The zero-order valence-corrected chi connectivity index (χ0v) is 17.7. The van der Waals surface area contributed by atoms with Gasteiger partial charge in [-0.2, -0.15) is 0 Å². The lowest BCUT2D eigenvalue weighted by Crippen LogP contribution is -2.42. The van der Waals surface area contributed by atoms with Crippen molar-refractivity contribution >= 4 is 16.0 Å². The summed E-state index contributed by atoms with van der Waals surface area (Å²) < 4.78 is 33.0. The molecule has 1 atom stereocenters. The highest BCUT2D eigenvalue weighted by Gasteiger charge is 2.33. The number of benzene rings is 2. The standard InChI is InChI=1S/C23H29NO4S/c1-19-12-14-24(15-13-19)29(26,27)18-22(16-20-8-4-2-5-9-20)23(25)28-17-21-10-6-3-7-11-21/h2-11,19,22H,12-18H2,1H3. The minimum absolute atomic E-state index is 0.145. The minimum atomic E-state index is -3.52. The Bertz CT molecular complexity index is 876. The van der Waals surface area contributed by atoms with Gasteiger partial charge < -0.3 is 4.74 Å². The van der Waals surface area contributed by atoms with Crippen LogP contribution in [-0.2, 0) is 32.6 Å². The van der Waals surface area contributed by atoms with Gasteiger partial charge >= 0.3 is 5.97 Å².